The number of halogens is 6. The Kier molecular flexibility index (Phi) is 7.39. The van der Waals surface area contributed by atoms with Gasteiger partial charge in [0.1, 0.15) is 6.04 Å². The zero-order valence-electron chi connectivity index (χ0n) is 19.9. The molecule has 11 heteroatoms. The number of hydrogen-bond donors (Lipinski definition) is 1. The van der Waals surface area contributed by atoms with Crippen LogP contribution in [0, 0.1) is 5.92 Å². The van der Waals surface area contributed by atoms with Gasteiger partial charge in [-0.2, -0.15) is 22.0 Å². The Bertz CT molecular complexity index is 1090. The van der Waals surface area contributed by atoms with Gasteiger partial charge in [0.25, 0.3) is 0 Å². The number of rotatable bonds is 5. The number of nitrogens with zero attached hydrogens (tertiary/aromatic N) is 3. The van der Waals surface area contributed by atoms with Gasteiger partial charge in [-0.3, -0.25) is 9.80 Å². The van der Waals surface area contributed by atoms with Gasteiger partial charge in [0.2, 0.25) is 5.91 Å². The molecule has 4 rings (SSSR count). The summed E-state index contributed by atoms with van der Waals surface area (Å²) in [5, 5.41) is 0.917. The molecule has 0 bridgehead atoms. The summed E-state index contributed by atoms with van der Waals surface area (Å²) in [4.78, 5) is 16.2. The highest BCUT2D eigenvalue weighted by atomic mass is 35.5. The lowest BCUT2D eigenvalue weighted by Crippen LogP contribution is -2.55. The van der Waals surface area contributed by atoms with Gasteiger partial charge >= 0.3 is 12.1 Å². The molecule has 0 saturated carbocycles. The number of carbonyl (C=O) groups is 1. The molecule has 2 aromatic rings. The van der Waals surface area contributed by atoms with E-state index in [9.17, 15) is 26.7 Å². The van der Waals surface area contributed by atoms with Crippen molar-refractivity contribution in [3.8, 4) is 0 Å². The second kappa shape index (κ2) is 10.0. The second-order valence-electron chi connectivity index (χ2n) is 9.44. The summed E-state index contributed by atoms with van der Waals surface area (Å²) < 4.78 is 69.4. The molecule has 0 aromatic heterocycles. The molecular weight excluding hydrogens is 503 g/mol. The lowest BCUT2D eigenvalue weighted by atomic mass is 9.97. The average Bonchev–Trinajstić information content (AvgIpc) is 3.29. The molecule has 5 nitrogen and oxygen atoms in total. The second-order valence-corrected chi connectivity index (χ2v) is 9.84. The fraction of sp³-hybridized carbons (Fsp3) is 0.480. The first kappa shape index (κ1) is 26.5. The van der Waals surface area contributed by atoms with Gasteiger partial charge in [-0.1, -0.05) is 49.7 Å². The number of amides is 1. The van der Waals surface area contributed by atoms with E-state index in [1.54, 1.807) is 24.3 Å². The molecule has 2 unspecified atom stereocenters. The summed E-state index contributed by atoms with van der Waals surface area (Å²) >= 11 is 6.17. The summed E-state index contributed by atoms with van der Waals surface area (Å²) in [6, 6.07) is 10.1. The predicted molar refractivity (Wildman–Crippen MR) is 129 cm³/mol. The number of piperazine rings is 1. The van der Waals surface area contributed by atoms with Crippen molar-refractivity contribution in [2.45, 2.75) is 44.5 Å². The van der Waals surface area contributed by atoms with Gasteiger partial charge in [-0.15, -0.1) is 0 Å². The van der Waals surface area contributed by atoms with Crippen molar-refractivity contribution in [1.82, 2.24) is 10.3 Å². The van der Waals surface area contributed by atoms with Crippen molar-refractivity contribution < 1.29 is 26.7 Å². The topological polar surface area (TPSA) is 38.8 Å². The predicted octanol–water partition coefficient (Wildman–Crippen LogP) is 5.67. The molecule has 0 radical (unpaired) electrons. The Morgan fingerprint density at radius 2 is 1.67 bits per heavy atom. The van der Waals surface area contributed by atoms with Gasteiger partial charge < -0.3 is 9.80 Å². The number of nitrogens with one attached hydrogen (secondary N) is 1. The van der Waals surface area contributed by atoms with Crippen LogP contribution in [0.1, 0.15) is 31.9 Å². The number of alkyl halides is 5. The highest BCUT2D eigenvalue weighted by molar-refractivity contribution is 6.33. The van der Waals surface area contributed by atoms with Crippen LogP contribution in [0.2, 0.25) is 5.02 Å². The number of hydrazine groups is 1. The van der Waals surface area contributed by atoms with Gasteiger partial charge in [-0.25, -0.2) is 5.43 Å². The Morgan fingerprint density at radius 1 is 1.00 bits per heavy atom. The van der Waals surface area contributed by atoms with Crippen LogP contribution in [0.3, 0.4) is 0 Å². The lowest BCUT2D eigenvalue weighted by molar-refractivity contribution is -0.289. The third-order valence-corrected chi connectivity index (χ3v) is 7.02. The van der Waals surface area contributed by atoms with Crippen LogP contribution >= 0.6 is 11.6 Å². The molecule has 2 aliphatic rings. The molecule has 2 aromatic carbocycles. The molecule has 0 aliphatic carbocycles. The van der Waals surface area contributed by atoms with Gasteiger partial charge in [0, 0.05) is 37.8 Å². The molecule has 196 valence electrons. The lowest BCUT2D eigenvalue weighted by Gasteiger charge is -2.37. The monoisotopic (exact) mass is 530 g/mol. The van der Waals surface area contributed by atoms with Crippen LogP contribution in [0.15, 0.2) is 48.5 Å². The third-order valence-electron chi connectivity index (χ3n) is 6.70. The summed E-state index contributed by atoms with van der Waals surface area (Å²) in [6.45, 7) is 6.02. The van der Waals surface area contributed by atoms with Crippen molar-refractivity contribution in [1.29, 1.82) is 0 Å². The number of hydrogen-bond acceptors (Lipinski definition) is 4. The van der Waals surface area contributed by atoms with E-state index >= 15 is 0 Å². The van der Waals surface area contributed by atoms with Crippen LogP contribution in [0.25, 0.3) is 0 Å². The average molecular weight is 531 g/mol. The maximum absolute atomic E-state index is 14.6. The van der Waals surface area contributed by atoms with E-state index in [2.05, 4.69) is 10.3 Å². The summed E-state index contributed by atoms with van der Waals surface area (Å²) in [7, 11) is 0. The van der Waals surface area contributed by atoms with E-state index in [4.69, 9.17) is 11.6 Å². The Labute approximate surface area is 211 Å². The first-order chi connectivity index (χ1) is 16.9. The summed E-state index contributed by atoms with van der Waals surface area (Å²) in [6.07, 6.45) is -6.19. The highest BCUT2D eigenvalue weighted by Crippen LogP contribution is 2.47. The molecular formula is C25H28ClF5N4O. The normalized spacial score (nSPS) is 21.4. The van der Waals surface area contributed by atoms with E-state index in [0.29, 0.717) is 31.7 Å². The number of benzene rings is 2. The third kappa shape index (κ3) is 5.11. The summed E-state index contributed by atoms with van der Waals surface area (Å²) in [5.41, 5.74) is 4.32. The molecule has 1 N–H and O–H groups in total. The zero-order valence-corrected chi connectivity index (χ0v) is 20.7. The maximum Gasteiger partial charge on any atom is 0.455 e. The molecule has 2 heterocycles. The van der Waals surface area contributed by atoms with E-state index < -0.39 is 30.6 Å². The van der Waals surface area contributed by atoms with Crippen molar-refractivity contribution in [3.63, 3.8) is 0 Å². The van der Waals surface area contributed by atoms with Crippen molar-refractivity contribution in [2.24, 2.45) is 5.92 Å². The molecule has 1 amide bonds. The Morgan fingerprint density at radius 3 is 2.28 bits per heavy atom. The van der Waals surface area contributed by atoms with Gasteiger partial charge in [0.05, 0.1) is 16.8 Å². The van der Waals surface area contributed by atoms with E-state index in [1.807, 2.05) is 24.8 Å². The standard InChI is InChI=1S/C25H28ClF5N4O/c1-16(2)23(36)34-12-10-33(11-13-34)18-7-5-6-17(14-18)20-15-22(24(27,28)25(29,30)31)35(32-20)21-9-4-3-8-19(21)26/h3-9,14,16,20,22,32H,10-13,15H2,1-2H3. The fourth-order valence-corrected chi connectivity index (χ4v) is 4.95. The largest absolute Gasteiger partial charge is 0.455 e. The summed E-state index contributed by atoms with van der Waals surface area (Å²) in [5.74, 6) is -4.96. The molecule has 2 fully saturated rings. The van der Waals surface area contributed by atoms with Crippen LogP contribution in [0.4, 0.5) is 33.3 Å². The molecule has 2 aliphatic heterocycles. The van der Waals surface area contributed by atoms with Crippen molar-refractivity contribution in [3.05, 3.63) is 59.1 Å². The maximum atomic E-state index is 14.6. The number of anilines is 2. The minimum atomic E-state index is -5.72. The van der Waals surface area contributed by atoms with Crippen LogP contribution in [-0.4, -0.2) is 55.1 Å². The van der Waals surface area contributed by atoms with E-state index in [1.165, 1.54) is 18.2 Å². The SMILES string of the molecule is CC(C)C(=O)N1CCN(c2cccc(C3CC(C(F)(F)C(F)(F)F)N(c4ccccc4Cl)N3)c2)CC1. The fourth-order valence-electron chi connectivity index (χ4n) is 4.72. The number of para-hydroxylation sites is 1. The van der Waals surface area contributed by atoms with E-state index in [-0.39, 0.29) is 22.5 Å². The smallest absolute Gasteiger partial charge is 0.368 e. The molecule has 0 spiro atoms. The first-order valence-electron chi connectivity index (χ1n) is 11.8. The quantitative estimate of drug-likeness (QED) is 0.506. The van der Waals surface area contributed by atoms with Crippen molar-refractivity contribution in [2.75, 3.05) is 36.1 Å². The first-order valence-corrected chi connectivity index (χ1v) is 12.2. The van der Waals surface area contributed by atoms with Crippen LogP contribution < -0.4 is 15.3 Å². The highest BCUT2D eigenvalue weighted by Gasteiger charge is 2.66. The molecule has 2 saturated heterocycles. The Balaban J connectivity index is 1.57. The minimum absolute atomic E-state index is 0.0534. The Hall–Kier alpha value is -2.59. The number of carbonyl (C=O) groups excluding carboxylic acids is 1. The van der Waals surface area contributed by atoms with Gasteiger partial charge in [0.15, 0.2) is 0 Å². The minimum Gasteiger partial charge on any atom is -0.368 e. The molecule has 36 heavy (non-hydrogen) atoms. The van der Waals surface area contributed by atoms with Crippen molar-refractivity contribution >= 4 is 28.9 Å². The van der Waals surface area contributed by atoms with Crippen LogP contribution in [0.5, 0.6) is 0 Å². The van der Waals surface area contributed by atoms with Crippen LogP contribution in [-0.2, 0) is 4.79 Å². The van der Waals surface area contributed by atoms with E-state index in [0.717, 1.165) is 10.7 Å². The zero-order chi connectivity index (χ0) is 26.3. The van der Waals surface area contributed by atoms with Gasteiger partial charge in [-0.05, 0) is 36.2 Å². The molecule has 2 atom stereocenters.